The van der Waals surface area contributed by atoms with Crippen molar-refractivity contribution < 1.29 is 22.8 Å². The third-order valence-corrected chi connectivity index (χ3v) is 6.01. The number of amides is 2. The summed E-state index contributed by atoms with van der Waals surface area (Å²) in [6.45, 7) is 1.78. The number of nitrogens with zero attached hydrogens (tertiary/aromatic N) is 2. The van der Waals surface area contributed by atoms with Crippen LogP contribution in [0.3, 0.4) is 0 Å². The topological polar surface area (TPSA) is 96.0 Å². The zero-order valence-electron chi connectivity index (χ0n) is 17.9. The predicted octanol–water partition coefficient (Wildman–Crippen LogP) is 5.56. The molecule has 4 rings (SSSR count). The van der Waals surface area contributed by atoms with Gasteiger partial charge in [-0.15, -0.1) is 11.3 Å². The molecule has 0 bridgehead atoms. The third-order valence-electron chi connectivity index (χ3n) is 5.03. The van der Waals surface area contributed by atoms with Gasteiger partial charge in [0, 0.05) is 29.4 Å². The Hall–Kier alpha value is -3.99. The number of benzene rings is 2. The Kier molecular flexibility index (Phi) is 6.20. The van der Waals surface area contributed by atoms with Gasteiger partial charge in [0.15, 0.2) is 0 Å². The van der Waals surface area contributed by atoms with Gasteiger partial charge < -0.3 is 16.0 Å². The molecule has 0 aliphatic carbocycles. The first-order valence-electron chi connectivity index (χ1n) is 9.98. The highest BCUT2D eigenvalue weighted by Crippen LogP contribution is 2.31. The monoisotopic (exact) mass is 485 g/mol. The van der Waals surface area contributed by atoms with Crippen LogP contribution in [0.2, 0.25) is 0 Å². The first-order chi connectivity index (χ1) is 16.2. The van der Waals surface area contributed by atoms with Crippen LogP contribution in [0.5, 0.6) is 0 Å². The first kappa shape index (κ1) is 23.2. The Balaban J connectivity index is 1.55. The Bertz CT molecular complexity index is 1400. The zero-order chi connectivity index (χ0) is 24.5. The Morgan fingerprint density at radius 2 is 1.79 bits per heavy atom. The Morgan fingerprint density at radius 3 is 2.53 bits per heavy atom. The number of aryl methyl sites for hydroxylation is 1. The summed E-state index contributed by atoms with van der Waals surface area (Å²) in [7, 11) is 1.73. The van der Waals surface area contributed by atoms with Crippen molar-refractivity contribution in [1.29, 1.82) is 0 Å². The predicted molar refractivity (Wildman–Crippen MR) is 125 cm³/mol. The summed E-state index contributed by atoms with van der Waals surface area (Å²) in [5.41, 5.74) is 1.32. The number of carbonyl (C=O) groups excluding carboxylic acids is 2. The van der Waals surface area contributed by atoms with Gasteiger partial charge >= 0.3 is 6.18 Å². The molecule has 0 unspecified atom stereocenters. The highest BCUT2D eigenvalue weighted by molar-refractivity contribution is 7.18. The molecular formula is C23H18F3N5O2S. The van der Waals surface area contributed by atoms with Gasteiger partial charge in [-0.05, 0) is 42.8 Å². The highest BCUT2D eigenvalue weighted by Gasteiger charge is 2.31. The molecule has 2 heterocycles. The maximum Gasteiger partial charge on any atom is 0.416 e. The van der Waals surface area contributed by atoms with Crippen LogP contribution in [0.1, 0.15) is 31.8 Å². The van der Waals surface area contributed by atoms with E-state index in [4.69, 9.17) is 0 Å². The van der Waals surface area contributed by atoms with Gasteiger partial charge in [0.05, 0.1) is 21.3 Å². The molecule has 7 nitrogen and oxygen atoms in total. The smallest absolute Gasteiger partial charge is 0.372 e. The van der Waals surface area contributed by atoms with E-state index in [1.807, 2.05) is 0 Å². The van der Waals surface area contributed by atoms with Crippen LogP contribution < -0.4 is 16.0 Å². The number of carbonyl (C=O) groups is 2. The fourth-order valence-corrected chi connectivity index (χ4v) is 4.25. The maximum absolute atomic E-state index is 13.0. The quantitative estimate of drug-likeness (QED) is 0.344. The van der Waals surface area contributed by atoms with Crippen molar-refractivity contribution in [3.8, 4) is 0 Å². The summed E-state index contributed by atoms with van der Waals surface area (Å²) in [6, 6.07) is 8.98. The largest absolute Gasteiger partial charge is 0.416 e. The lowest BCUT2D eigenvalue weighted by Crippen LogP contribution is -2.15. The minimum absolute atomic E-state index is 0.134. The lowest BCUT2D eigenvalue weighted by Gasteiger charge is -2.12. The van der Waals surface area contributed by atoms with Crippen molar-refractivity contribution in [2.75, 3.05) is 23.0 Å². The molecule has 174 valence electrons. The van der Waals surface area contributed by atoms with Gasteiger partial charge in [0.2, 0.25) is 0 Å². The van der Waals surface area contributed by atoms with Gasteiger partial charge in [-0.2, -0.15) is 13.2 Å². The van der Waals surface area contributed by atoms with Crippen molar-refractivity contribution in [3.05, 3.63) is 76.4 Å². The van der Waals surface area contributed by atoms with Crippen molar-refractivity contribution >= 4 is 50.6 Å². The molecule has 0 saturated carbocycles. The molecular weight excluding hydrogens is 467 g/mol. The Labute approximate surface area is 196 Å². The van der Waals surface area contributed by atoms with Gasteiger partial charge in [0.25, 0.3) is 11.8 Å². The van der Waals surface area contributed by atoms with Gasteiger partial charge in [0.1, 0.15) is 12.1 Å². The minimum Gasteiger partial charge on any atom is -0.372 e. The van der Waals surface area contributed by atoms with E-state index in [9.17, 15) is 22.8 Å². The number of nitrogens with one attached hydrogen (secondary N) is 3. The molecule has 0 spiro atoms. The number of aromatic nitrogens is 2. The summed E-state index contributed by atoms with van der Waals surface area (Å²) in [5.74, 6) is -0.478. The standard InChI is InChI=1S/C23H18F3N5O2S/c1-12-6-7-15(30-21(32)13-4-3-5-14(8-13)23(24,25)26)9-17(12)31-22(33)16-10-34-19-18(16)28-11-29-20(19)27-2/h3-11H,1-2H3,(H,30,32)(H,31,33)(H,27,28,29). The van der Waals surface area contributed by atoms with Crippen LogP contribution >= 0.6 is 11.3 Å². The number of fused-ring (bicyclic) bond motifs is 1. The minimum atomic E-state index is -4.55. The molecule has 4 aromatic rings. The molecule has 0 saturated heterocycles. The van der Waals surface area contributed by atoms with Crippen LogP contribution in [0.15, 0.2) is 54.2 Å². The SMILES string of the molecule is CNc1ncnc2c(C(=O)Nc3cc(NC(=O)c4cccc(C(F)(F)F)c4)ccc3C)csc12. The van der Waals surface area contributed by atoms with E-state index in [0.29, 0.717) is 28.3 Å². The number of hydrogen-bond donors (Lipinski definition) is 3. The summed E-state index contributed by atoms with van der Waals surface area (Å²) in [4.78, 5) is 33.8. The molecule has 11 heteroatoms. The second kappa shape index (κ2) is 9.10. The van der Waals surface area contributed by atoms with Crippen LogP contribution in [0.25, 0.3) is 10.2 Å². The number of anilines is 3. The van der Waals surface area contributed by atoms with E-state index in [0.717, 1.165) is 22.4 Å². The Morgan fingerprint density at radius 1 is 1.00 bits per heavy atom. The van der Waals surface area contributed by atoms with E-state index in [2.05, 4.69) is 25.9 Å². The molecule has 0 fully saturated rings. The zero-order valence-corrected chi connectivity index (χ0v) is 18.8. The van der Waals surface area contributed by atoms with E-state index < -0.39 is 23.6 Å². The van der Waals surface area contributed by atoms with E-state index in [-0.39, 0.29) is 5.56 Å². The summed E-state index contributed by atoms with van der Waals surface area (Å²) < 4.78 is 39.6. The normalized spacial score (nSPS) is 11.3. The van der Waals surface area contributed by atoms with Crippen molar-refractivity contribution in [1.82, 2.24) is 9.97 Å². The van der Waals surface area contributed by atoms with Gasteiger partial charge in [-0.25, -0.2) is 9.97 Å². The van der Waals surface area contributed by atoms with Gasteiger partial charge in [-0.3, -0.25) is 9.59 Å². The number of rotatable bonds is 5. The number of hydrogen-bond acceptors (Lipinski definition) is 6. The second-order valence-corrected chi connectivity index (χ2v) is 8.20. The van der Waals surface area contributed by atoms with Crippen LogP contribution in [-0.2, 0) is 6.18 Å². The molecule has 2 aromatic heterocycles. The molecule has 0 radical (unpaired) electrons. The average Bonchev–Trinajstić information content (AvgIpc) is 3.25. The van der Waals surface area contributed by atoms with Crippen molar-refractivity contribution in [2.24, 2.45) is 0 Å². The summed E-state index contributed by atoms with van der Waals surface area (Å²) in [6.07, 6.45) is -3.19. The van der Waals surface area contributed by atoms with Gasteiger partial charge in [-0.1, -0.05) is 12.1 Å². The highest BCUT2D eigenvalue weighted by atomic mass is 32.1. The molecule has 34 heavy (non-hydrogen) atoms. The number of alkyl halides is 3. The average molecular weight is 485 g/mol. The molecule has 0 aliphatic rings. The lowest BCUT2D eigenvalue weighted by atomic mass is 10.1. The summed E-state index contributed by atoms with van der Waals surface area (Å²) >= 11 is 1.33. The third kappa shape index (κ3) is 4.69. The molecule has 2 amide bonds. The first-order valence-corrected chi connectivity index (χ1v) is 10.9. The number of halogens is 3. The van der Waals surface area contributed by atoms with Crippen molar-refractivity contribution in [2.45, 2.75) is 13.1 Å². The number of thiophene rings is 1. The van der Waals surface area contributed by atoms with E-state index in [1.165, 1.54) is 29.8 Å². The van der Waals surface area contributed by atoms with E-state index in [1.54, 1.807) is 37.6 Å². The van der Waals surface area contributed by atoms with Crippen LogP contribution in [-0.4, -0.2) is 28.8 Å². The molecule has 0 aliphatic heterocycles. The van der Waals surface area contributed by atoms with Crippen LogP contribution in [0.4, 0.5) is 30.4 Å². The second-order valence-electron chi connectivity index (χ2n) is 7.32. The maximum atomic E-state index is 13.0. The molecule has 0 atom stereocenters. The molecule has 3 N–H and O–H groups in total. The summed E-state index contributed by atoms with van der Waals surface area (Å²) in [5, 5.41) is 10.0. The fraction of sp³-hybridized carbons (Fsp3) is 0.130. The lowest BCUT2D eigenvalue weighted by molar-refractivity contribution is -0.137. The van der Waals surface area contributed by atoms with Crippen molar-refractivity contribution in [3.63, 3.8) is 0 Å². The van der Waals surface area contributed by atoms with E-state index >= 15 is 0 Å². The fourth-order valence-electron chi connectivity index (χ4n) is 3.25. The molecule has 2 aromatic carbocycles. The van der Waals surface area contributed by atoms with Crippen LogP contribution in [0, 0.1) is 6.92 Å².